The number of hydrogen-bond donors (Lipinski definition) is 4. The zero-order valence-electron chi connectivity index (χ0n) is 38.8. The number of aliphatic hydroxyl groups is 3. The lowest BCUT2D eigenvalue weighted by Crippen LogP contribution is -2.60. The van der Waals surface area contributed by atoms with E-state index in [1.165, 1.54) is 161 Å². The second kappa shape index (κ2) is 39.1. The second-order valence-electron chi connectivity index (χ2n) is 17.9. The van der Waals surface area contributed by atoms with Crippen LogP contribution in [0.3, 0.4) is 0 Å². The fourth-order valence-electron chi connectivity index (χ4n) is 8.03. The standard InChI is InChI=1S/C48H92O12S/c1-3-5-7-9-11-13-15-17-19-21-23-24-26-28-30-32-34-36-43(49)57-38-41(39-58-48-47(53)46(52)45(51)42(60-48)40-61(54,55)56)59-44(50)37-35-33-31-29-27-25-22-20-18-16-14-12-10-8-6-4-2/h41-42,45-48,51-53H,3-40H2,1-2H3,(H,54,55,56)/t41-,42-,45-,46?,47?,48+/m1/s1. The van der Waals surface area contributed by atoms with Gasteiger partial charge in [0.25, 0.3) is 10.1 Å². The van der Waals surface area contributed by atoms with E-state index < -0.39 is 71.2 Å². The van der Waals surface area contributed by atoms with Crippen LogP contribution in [0.2, 0.25) is 0 Å². The van der Waals surface area contributed by atoms with Crippen molar-refractivity contribution in [1.82, 2.24) is 0 Å². The normalized spacial score (nSPS) is 19.9. The van der Waals surface area contributed by atoms with Crippen molar-refractivity contribution < 1.29 is 56.8 Å². The third-order valence-electron chi connectivity index (χ3n) is 11.9. The molecule has 0 aliphatic carbocycles. The van der Waals surface area contributed by atoms with Crippen molar-refractivity contribution in [3.05, 3.63) is 0 Å². The van der Waals surface area contributed by atoms with Crippen LogP contribution in [0.5, 0.6) is 0 Å². The summed E-state index contributed by atoms with van der Waals surface area (Å²) in [7, 11) is -4.60. The monoisotopic (exact) mass is 893 g/mol. The second-order valence-corrected chi connectivity index (χ2v) is 19.3. The molecule has 4 N–H and O–H groups in total. The summed E-state index contributed by atoms with van der Waals surface area (Å²) in [5.74, 6) is -1.96. The molecule has 13 heteroatoms. The molecule has 12 nitrogen and oxygen atoms in total. The molecule has 1 aliphatic heterocycles. The number of aliphatic hydroxyl groups excluding tert-OH is 3. The Kier molecular flexibility index (Phi) is 36.9. The Morgan fingerprint density at radius 1 is 0.492 bits per heavy atom. The first kappa shape index (κ1) is 57.7. The van der Waals surface area contributed by atoms with Gasteiger partial charge in [-0.1, -0.05) is 213 Å². The molecular formula is C48H92O12S. The maximum Gasteiger partial charge on any atom is 0.306 e. The first-order valence-electron chi connectivity index (χ1n) is 25.1. The highest BCUT2D eigenvalue weighted by atomic mass is 32.2. The van der Waals surface area contributed by atoms with Crippen molar-refractivity contribution in [2.75, 3.05) is 19.0 Å². The summed E-state index contributed by atoms with van der Waals surface area (Å²) in [6.07, 6.45) is 31.4. The molecule has 0 aromatic rings. The van der Waals surface area contributed by atoms with Crippen LogP contribution in [0.15, 0.2) is 0 Å². The summed E-state index contributed by atoms with van der Waals surface area (Å²) < 4.78 is 54.2. The number of unbranched alkanes of at least 4 members (excludes halogenated alkanes) is 31. The number of carbonyl (C=O) groups is 2. The fraction of sp³-hybridized carbons (Fsp3) is 0.958. The Labute approximate surface area is 372 Å². The third kappa shape index (κ3) is 33.8. The third-order valence-corrected chi connectivity index (χ3v) is 12.7. The molecule has 0 spiro atoms. The van der Waals surface area contributed by atoms with Crippen molar-refractivity contribution in [3.63, 3.8) is 0 Å². The Hall–Kier alpha value is -1.35. The maximum absolute atomic E-state index is 12.8. The van der Waals surface area contributed by atoms with E-state index in [0.717, 1.165) is 38.5 Å². The van der Waals surface area contributed by atoms with Gasteiger partial charge in [0.15, 0.2) is 12.4 Å². The minimum Gasteiger partial charge on any atom is -0.462 e. The zero-order valence-corrected chi connectivity index (χ0v) is 39.6. The highest BCUT2D eigenvalue weighted by Crippen LogP contribution is 2.24. The van der Waals surface area contributed by atoms with Gasteiger partial charge in [-0.15, -0.1) is 0 Å². The van der Waals surface area contributed by atoms with Gasteiger partial charge in [0.1, 0.15) is 36.8 Å². The van der Waals surface area contributed by atoms with Crippen molar-refractivity contribution in [3.8, 4) is 0 Å². The van der Waals surface area contributed by atoms with Crippen LogP contribution in [0.1, 0.15) is 239 Å². The molecule has 0 aromatic carbocycles. The molecule has 6 atom stereocenters. The molecule has 1 aliphatic rings. The van der Waals surface area contributed by atoms with Crippen LogP contribution in [0, 0.1) is 0 Å². The first-order valence-corrected chi connectivity index (χ1v) is 26.7. The number of carbonyl (C=O) groups excluding carboxylic acids is 2. The highest BCUT2D eigenvalue weighted by molar-refractivity contribution is 7.85. The molecule has 1 fully saturated rings. The van der Waals surface area contributed by atoms with Gasteiger partial charge in [0.2, 0.25) is 0 Å². The number of hydrogen-bond acceptors (Lipinski definition) is 11. The van der Waals surface area contributed by atoms with E-state index in [-0.39, 0.29) is 19.4 Å². The number of rotatable bonds is 43. The minimum absolute atomic E-state index is 0.173. The SMILES string of the molecule is CCCCCCCCCCCCCCCCCCCC(=O)OC[C@H](CO[C@H]1O[C@H](CS(=O)(=O)O)[C@@H](O)C(O)C1O)OC(=O)CCCCCCCCCCCCCCCCCC. The quantitative estimate of drug-likeness (QED) is 0.0258. The summed E-state index contributed by atoms with van der Waals surface area (Å²) in [4.78, 5) is 25.5. The first-order chi connectivity index (χ1) is 29.5. The van der Waals surface area contributed by atoms with E-state index in [2.05, 4.69) is 13.8 Å². The summed E-state index contributed by atoms with van der Waals surface area (Å²) >= 11 is 0. The molecule has 0 saturated carbocycles. The average molecular weight is 893 g/mol. The van der Waals surface area contributed by atoms with Crippen molar-refractivity contribution in [1.29, 1.82) is 0 Å². The predicted octanol–water partition coefficient (Wildman–Crippen LogP) is 10.8. The van der Waals surface area contributed by atoms with Crippen LogP contribution < -0.4 is 0 Å². The number of ether oxygens (including phenoxy) is 4. The summed E-state index contributed by atoms with van der Waals surface area (Å²) in [5, 5.41) is 30.9. The van der Waals surface area contributed by atoms with E-state index >= 15 is 0 Å². The lowest BCUT2D eigenvalue weighted by Gasteiger charge is -2.40. The lowest BCUT2D eigenvalue weighted by atomic mass is 10.00. The summed E-state index contributed by atoms with van der Waals surface area (Å²) in [6.45, 7) is 3.80. The Balaban J connectivity index is 2.37. The Bertz CT molecular complexity index is 1140. The molecule has 61 heavy (non-hydrogen) atoms. The van der Waals surface area contributed by atoms with Crippen LogP contribution in [-0.4, -0.2) is 96.0 Å². The minimum atomic E-state index is -4.60. The molecule has 0 radical (unpaired) electrons. The van der Waals surface area contributed by atoms with E-state index in [9.17, 15) is 37.9 Å². The van der Waals surface area contributed by atoms with Gasteiger partial charge in [-0.25, -0.2) is 0 Å². The molecule has 0 amide bonds. The molecule has 1 saturated heterocycles. The van der Waals surface area contributed by atoms with Crippen molar-refractivity contribution in [2.45, 2.75) is 275 Å². The molecule has 2 unspecified atom stereocenters. The molecule has 0 bridgehead atoms. The summed E-state index contributed by atoms with van der Waals surface area (Å²) in [6, 6.07) is 0. The average Bonchev–Trinajstić information content (AvgIpc) is 3.22. The topological polar surface area (TPSA) is 186 Å². The van der Waals surface area contributed by atoms with E-state index in [4.69, 9.17) is 18.9 Å². The van der Waals surface area contributed by atoms with E-state index in [1.807, 2.05) is 0 Å². The predicted molar refractivity (Wildman–Crippen MR) is 243 cm³/mol. The van der Waals surface area contributed by atoms with E-state index in [1.54, 1.807) is 0 Å². The number of esters is 2. The Morgan fingerprint density at radius 2 is 0.836 bits per heavy atom. The van der Waals surface area contributed by atoms with Crippen LogP contribution in [0.4, 0.5) is 0 Å². The molecule has 0 aromatic heterocycles. The smallest absolute Gasteiger partial charge is 0.306 e. The van der Waals surface area contributed by atoms with Gasteiger partial charge in [-0.05, 0) is 12.8 Å². The molecule has 1 rings (SSSR count). The van der Waals surface area contributed by atoms with Crippen LogP contribution in [0.25, 0.3) is 0 Å². The largest absolute Gasteiger partial charge is 0.462 e. The Morgan fingerprint density at radius 3 is 1.20 bits per heavy atom. The van der Waals surface area contributed by atoms with Gasteiger partial charge >= 0.3 is 11.9 Å². The van der Waals surface area contributed by atoms with Gasteiger partial charge in [-0.2, -0.15) is 8.42 Å². The van der Waals surface area contributed by atoms with Gasteiger partial charge in [-0.3, -0.25) is 14.1 Å². The van der Waals surface area contributed by atoms with Crippen LogP contribution >= 0.6 is 0 Å². The lowest BCUT2D eigenvalue weighted by molar-refractivity contribution is -0.297. The van der Waals surface area contributed by atoms with E-state index in [0.29, 0.717) is 12.8 Å². The fourth-order valence-corrected chi connectivity index (χ4v) is 8.72. The molecular weight excluding hydrogens is 801 g/mol. The van der Waals surface area contributed by atoms with Gasteiger partial charge in [0, 0.05) is 12.8 Å². The van der Waals surface area contributed by atoms with Crippen molar-refractivity contribution >= 4 is 22.1 Å². The molecule has 362 valence electrons. The van der Waals surface area contributed by atoms with Gasteiger partial charge < -0.3 is 34.3 Å². The van der Waals surface area contributed by atoms with Crippen molar-refractivity contribution in [2.24, 2.45) is 0 Å². The highest BCUT2D eigenvalue weighted by Gasteiger charge is 2.46. The molecule has 1 heterocycles. The van der Waals surface area contributed by atoms with Gasteiger partial charge in [0.05, 0.1) is 6.61 Å². The maximum atomic E-state index is 12.8. The van der Waals surface area contributed by atoms with Crippen LogP contribution in [-0.2, 0) is 38.7 Å². The summed E-state index contributed by atoms with van der Waals surface area (Å²) in [5.41, 5.74) is 0. The zero-order chi connectivity index (χ0) is 44.8.